The fourth-order valence-electron chi connectivity index (χ4n) is 2.28. The van der Waals surface area contributed by atoms with E-state index in [2.05, 4.69) is 46.3 Å². The van der Waals surface area contributed by atoms with E-state index in [1.807, 2.05) is 12.2 Å². The summed E-state index contributed by atoms with van der Waals surface area (Å²) in [6.45, 7) is 12.4. The van der Waals surface area contributed by atoms with Crippen molar-refractivity contribution in [2.45, 2.75) is 41.5 Å². The molecule has 1 aliphatic rings. The van der Waals surface area contributed by atoms with Gasteiger partial charge in [-0.2, -0.15) is 4.79 Å². The van der Waals surface area contributed by atoms with Crippen LogP contribution >= 0.6 is 0 Å². The summed E-state index contributed by atoms with van der Waals surface area (Å²) in [5.74, 6) is -0.226. The van der Waals surface area contributed by atoms with Crippen molar-refractivity contribution >= 4 is 12.0 Å². The Hall–Kier alpha value is -1.47. The molecule has 0 fully saturated rings. The van der Waals surface area contributed by atoms with E-state index in [1.165, 1.54) is 0 Å². The third kappa shape index (κ3) is 2.85. The van der Waals surface area contributed by atoms with Crippen LogP contribution in [0.1, 0.15) is 41.5 Å². The standard InChI is InChI=1S/C15H22N2O/c1-14(2,3)12-7-10(17-16)8-13(11(12)9-18)15(4,5)6/h7-9,11H,1-6H3. The average molecular weight is 246 g/mol. The van der Waals surface area contributed by atoms with Crippen LogP contribution in [0.3, 0.4) is 0 Å². The second-order valence-corrected chi connectivity index (χ2v) is 6.84. The third-order valence-corrected chi connectivity index (χ3v) is 3.26. The lowest BCUT2D eigenvalue weighted by atomic mass is 9.67. The molecule has 0 bridgehead atoms. The van der Waals surface area contributed by atoms with E-state index >= 15 is 0 Å². The van der Waals surface area contributed by atoms with Gasteiger partial charge in [-0.15, -0.1) is 0 Å². The molecule has 1 rings (SSSR count). The van der Waals surface area contributed by atoms with E-state index in [0.717, 1.165) is 17.4 Å². The molecule has 18 heavy (non-hydrogen) atoms. The molecule has 1 aliphatic carbocycles. The largest absolute Gasteiger partial charge is 0.361 e. The van der Waals surface area contributed by atoms with Gasteiger partial charge >= 0.3 is 5.71 Å². The van der Waals surface area contributed by atoms with Crippen molar-refractivity contribution in [3.05, 3.63) is 28.8 Å². The van der Waals surface area contributed by atoms with Crippen molar-refractivity contribution in [1.82, 2.24) is 0 Å². The molecule has 0 unspecified atom stereocenters. The molecule has 98 valence electrons. The number of hydrogen-bond acceptors (Lipinski definition) is 1. The number of carbonyl (C=O) groups excluding carboxylic acids is 1. The molecule has 0 aromatic rings. The van der Waals surface area contributed by atoms with E-state index in [4.69, 9.17) is 5.53 Å². The molecule has 0 radical (unpaired) electrons. The van der Waals surface area contributed by atoms with Gasteiger partial charge in [0.2, 0.25) is 0 Å². The highest BCUT2D eigenvalue weighted by Gasteiger charge is 2.37. The summed E-state index contributed by atoms with van der Waals surface area (Å²) < 4.78 is 0. The predicted molar refractivity (Wildman–Crippen MR) is 73.3 cm³/mol. The molecule has 0 N–H and O–H groups in total. The zero-order chi connectivity index (χ0) is 14.1. The van der Waals surface area contributed by atoms with Crippen LogP contribution in [0.5, 0.6) is 0 Å². The number of hydrogen-bond donors (Lipinski definition) is 0. The van der Waals surface area contributed by atoms with E-state index in [0.29, 0.717) is 5.71 Å². The van der Waals surface area contributed by atoms with E-state index in [1.54, 1.807) is 0 Å². The quantitative estimate of drug-likeness (QED) is 0.397. The van der Waals surface area contributed by atoms with Crippen LogP contribution in [0.15, 0.2) is 23.3 Å². The first-order valence-electron chi connectivity index (χ1n) is 6.22. The van der Waals surface area contributed by atoms with Gasteiger partial charge in [0.05, 0.1) is 5.92 Å². The van der Waals surface area contributed by atoms with Crippen LogP contribution < -0.4 is 0 Å². The van der Waals surface area contributed by atoms with Crippen molar-refractivity contribution < 1.29 is 9.58 Å². The molecule has 0 saturated heterocycles. The number of nitrogens with zero attached hydrogens (tertiary/aromatic N) is 2. The van der Waals surface area contributed by atoms with Gasteiger partial charge < -0.3 is 10.3 Å². The summed E-state index contributed by atoms with van der Waals surface area (Å²) >= 11 is 0. The summed E-state index contributed by atoms with van der Waals surface area (Å²) in [6.07, 6.45) is 4.62. The normalized spacial score (nSPS) is 21.0. The zero-order valence-electron chi connectivity index (χ0n) is 12.1. The van der Waals surface area contributed by atoms with Crippen LogP contribution in [-0.2, 0) is 4.79 Å². The van der Waals surface area contributed by atoms with Crippen LogP contribution in [0.2, 0.25) is 0 Å². The lowest BCUT2D eigenvalue weighted by molar-refractivity contribution is -0.109. The van der Waals surface area contributed by atoms with Gasteiger partial charge in [-0.3, -0.25) is 0 Å². The van der Waals surface area contributed by atoms with Crippen molar-refractivity contribution in [3.63, 3.8) is 0 Å². The minimum atomic E-state index is -0.226. The van der Waals surface area contributed by atoms with E-state index < -0.39 is 0 Å². The van der Waals surface area contributed by atoms with Crippen molar-refractivity contribution in [2.24, 2.45) is 16.7 Å². The lowest BCUT2D eigenvalue weighted by Gasteiger charge is -2.35. The molecule has 0 atom stereocenters. The summed E-state index contributed by atoms with van der Waals surface area (Å²) in [7, 11) is 0. The second kappa shape index (κ2) is 4.66. The smallest absolute Gasteiger partial charge is 0.315 e. The Morgan fingerprint density at radius 2 is 1.44 bits per heavy atom. The zero-order valence-corrected chi connectivity index (χ0v) is 12.1. The number of allylic oxidation sites excluding steroid dienone is 4. The first-order valence-corrected chi connectivity index (χ1v) is 6.22. The maximum absolute atomic E-state index is 11.5. The first-order chi connectivity index (χ1) is 8.11. The Kier molecular flexibility index (Phi) is 3.78. The maximum atomic E-state index is 11.5. The summed E-state index contributed by atoms with van der Waals surface area (Å²) in [5, 5.41) is 0. The fourth-order valence-corrected chi connectivity index (χ4v) is 2.28. The topological polar surface area (TPSA) is 53.5 Å². The Bertz CT molecular complexity index is 430. The molecule has 0 saturated carbocycles. The van der Waals surface area contributed by atoms with E-state index in [-0.39, 0.29) is 16.7 Å². The van der Waals surface area contributed by atoms with Gasteiger partial charge in [0.15, 0.2) is 0 Å². The third-order valence-electron chi connectivity index (χ3n) is 3.26. The summed E-state index contributed by atoms with van der Waals surface area (Å²) in [5.41, 5.74) is 11.3. The van der Waals surface area contributed by atoms with Crippen molar-refractivity contribution in [2.75, 3.05) is 0 Å². The summed E-state index contributed by atoms with van der Waals surface area (Å²) in [4.78, 5) is 14.8. The van der Waals surface area contributed by atoms with Crippen LogP contribution in [0.4, 0.5) is 0 Å². The molecule has 0 spiro atoms. The SMILES string of the molecule is CC(C)(C)C1=CC(=[N+]=[N-])C=C(C(C)(C)C)C1C=O. The second-order valence-electron chi connectivity index (χ2n) is 6.84. The molecule has 0 aromatic heterocycles. The lowest BCUT2D eigenvalue weighted by Crippen LogP contribution is -2.30. The van der Waals surface area contributed by atoms with Crippen molar-refractivity contribution in [3.8, 4) is 0 Å². The molecule has 3 nitrogen and oxygen atoms in total. The van der Waals surface area contributed by atoms with Gasteiger partial charge in [-0.1, -0.05) is 41.5 Å². The highest BCUT2D eigenvalue weighted by atomic mass is 16.1. The van der Waals surface area contributed by atoms with Crippen LogP contribution in [0, 0.1) is 16.7 Å². The minimum absolute atomic E-state index is 0.133. The summed E-state index contributed by atoms with van der Waals surface area (Å²) in [6, 6.07) is 0. The average Bonchev–Trinajstić information content (AvgIpc) is 2.24. The Morgan fingerprint density at radius 3 is 1.67 bits per heavy atom. The highest BCUT2D eigenvalue weighted by Crippen LogP contribution is 2.42. The maximum Gasteiger partial charge on any atom is 0.315 e. The monoisotopic (exact) mass is 246 g/mol. The predicted octanol–water partition coefficient (Wildman–Crippen LogP) is 3.43. The first kappa shape index (κ1) is 14.6. The Labute approximate surface area is 109 Å². The molecular formula is C15H22N2O. The van der Waals surface area contributed by atoms with Gasteiger partial charge in [0.1, 0.15) is 6.29 Å². The molecule has 0 amide bonds. The van der Waals surface area contributed by atoms with Crippen molar-refractivity contribution in [1.29, 1.82) is 0 Å². The number of aldehydes is 1. The fraction of sp³-hybridized carbons (Fsp3) is 0.600. The Morgan fingerprint density at radius 1 is 1.06 bits per heavy atom. The minimum Gasteiger partial charge on any atom is -0.361 e. The van der Waals surface area contributed by atoms with Gasteiger partial charge in [-0.25, -0.2) is 0 Å². The molecular weight excluding hydrogens is 224 g/mol. The molecule has 0 aromatic carbocycles. The van der Waals surface area contributed by atoms with Crippen LogP contribution in [0.25, 0.3) is 5.53 Å². The van der Waals surface area contributed by atoms with Gasteiger partial charge in [0, 0.05) is 12.2 Å². The van der Waals surface area contributed by atoms with Crippen LogP contribution in [-0.4, -0.2) is 16.8 Å². The molecule has 0 heterocycles. The number of rotatable bonds is 1. The van der Waals surface area contributed by atoms with E-state index in [9.17, 15) is 4.79 Å². The molecule has 3 heteroatoms. The molecule has 0 aliphatic heterocycles. The highest BCUT2D eigenvalue weighted by molar-refractivity contribution is 6.03. The number of carbonyl (C=O) groups is 1. The Balaban J connectivity index is 3.44. The van der Waals surface area contributed by atoms with Gasteiger partial charge in [-0.05, 0) is 22.0 Å². The van der Waals surface area contributed by atoms with Gasteiger partial charge in [0.25, 0.3) is 0 Å².